The van der Waals surface area contributed by atoms with Gasteiger partial charge < -0.3 is 10.1 Å². The Morgan fingerprint density at radius 2 is 1.95 bits per heavy atom. The van der Waals surface area contributed by atoms with Crippen LogP contribution in [0.3, 0.4) is 0 Å². The zero-order valence-corrected chi connectivity index (χ0v) is 11.3. The summed E-state index contributed by atoms with van der Waals surface area (Å²) in [6.07, 6.45) is 0.350. The Morgan fingerprint density at radius 1 is 1.21 bits per heavy atom. The minimum atomic E-state index is -0.171. The zero-order chi connectivity index (χ0) is 13.7. The van der Waals surface area contributed by atoms with Gasteiger partial charge in [-0.05, 0) is 36.4 Å². The van der Waals surface area contributed by atoms with Crippen LogP contribution in [0.25, 0.3) is 10.8 Å². The Bertz CT molecular complexity index is 565. The maximum Gasteiger partial charge on any atom is 0.307 e. The van der Waals surface area contributed by atoms with Gasteiger partial charge in [0, 0.05) is 6.04 Å². The first-order valence-corrected chi connectivity index (χ1v) is 6.56. The van der Waals surface area contributed by atoms with Gasteiger partial charge in [0.15, 0.2) is 0 Å². The van der Waals surface area contributed by atoms with Crippen molar-refractivity contribution in [2.75, 3.05) is 13.7 Å². The average molecular weight is 257 g/mol. The lowest BCUT2D eigenvalue weighted by Crippen LogP contribution is -2.21. The van der Waals surface area contributed by atoms with E-state index in [-0.39, 0.29) is 12.0 Å². The van der Waals surface area contributed by atoms with Crippen LogP contribution in [0.1, 0.15) is 24.9 Å². The van der Waals surface area contributed by atoms with Crippen LogP contribution in [0.4, 0.5) is 0 Å². The van der Waals surface area contributed by atoms with Crippen molar-refractivity contribution in [3.8, 4) is 0 Å². The third kappa shape index (κ3) is 3.32. The summed E-state index contributed by atoms with van der Waals surface area (Å²) in [5.41, 5.74) is 1.11. The van der Waals surface area contributed by atoms with E-state index in [0.29, 0.717) is 13.0 Å². The summed E-state index contributed by atoms with van der Waals surface area (Å²) < 4.78 is 5.00. The van der Waals surface area contributed by atoms with Crippen LogP contribution in [0.5, 0.6) is 0 Å². The number of carbonyl (C=O) groups excluding carboxylic acids is 1. The molecule has 100 valence electrons. The van der Waals surface area contributed by atoms with E-state index < -0.39 is 0 Å². The molecule has 2 aromatic carbocycles. The van der Waals surface area contributed by atoms with E-state index >= 15 is 0 Å². The second-order valence-corrected chi connectivity index (χ2v) is 4.46. The van der Waals surface area contributed by atoms with E-state index in [0.717, 1.165) is 5.56 Å². The summed E-state index contributed by atoms with van der Waals surface area (Å²) in [5.74, 6) is -0.171. The van der Waals surface area contributed by atoms with Crippen LogP contribution in [0, 0.1) is 0 Å². The second-order valence-electron chi connectivity index (χ2n) is 4.46. The Morgan fingerprint density at radius 3 is 2.63 bits per heavy atom. The van der Waals surface area contributed by atoms with E-state index in [9.17, 15) is 4.79 Å². The highest BCUT2D eigenvalue weighted by atomic mass is 16.5. The maximum absolute atomic E-state index is 11.6. The fourth-order valence-corrected chi connectivity index (χ4v) is 2.20. The lowest BCUT2D eigenvalue weighted by molar-refractivity contribution is -0.143. The van der Waals surface area contributed by atoms with Crippen LogP contribution >= 0.6 is 0 Å². The smallest absolute Gasteiger partial charge is 0.307 e. The molecule has 3 nitrogen and oxygen atoms in total. The summed E-state index contributed by atoms with van der Waals surface area (Å²) in [4.78, 5) is 11.6. The van der Waals surface area contributed by atoms with Gasteiger partial charge in [-0.2, -0.15) is 0 Å². The number of fused-ring (bicyclic) bond motifs is 1. The number of esters is 1. The van der Waals surface area contributed by atoms with Gasteiger partial charge in [-0.15, -0.1) is 0 Å². The van der Waals surface area contributed by atoms with Crippen molar-refractivity contribution in [3.05, 3.63) is 48.0 Å². The molecule has 0 aliphatic rings. The molecule has 2 aromatic rings. The molecule has 0 aliphatic carbocycles. The summed E-state index contributed by atoms with van der Waals surface area (Å²) >= 11 is 0. The topological polar surface area (TPSA) is 38.3 Å². The number of carbonyl (C=O) groups is 1. The molecule has 2 rings (SSSR count). The van der Waals surface area contributed by atoms with Crippen LogP contribution in [-0.4, -0.2) is 19.6 Å². The monoisotopic (exact) mass is 257 g/mol. The molecule has 19 heavy (non-hydrogen) atoms. The van der Waals surface area contributed by atoms with Gasteiger partial charge in [-0.1, -0.05) is 36.4 Å². The molecule has 3 heteroatoms. The van der Waals surface area contributed by atoms with Crippen LogP contribution < -0.4 is 5.32 Å². The lowest BCUT2D eigenvalue weighted by atomic mass is 10.00. The Kier molecular flexibility index (Phi) is 4.53. The quantitative estimate of drug-likeness (QED) is 0.837. The van der Waals surface area contributed by atoms with Crippen LogP contribution in [0.15, 0.2) is 42.5 Å². The Balaban J connectivity index is 2.22. The fraction of sp³-hybridized carbons (Fsp3) is 0.312. The largest absolute Gasteiger partial charge is 0.466 e. The maximum atomic E-state index is 11.6. The highest BCUT2D eigenvalue weighted by molar-refractivity contribution is 5.83. The highest BCUT2D eigenvalue weighted by Crippen LogP contribution is 2.22. The summed E-state index contributed by atoms with van der Waals surface area (Å²) in [6, 6.07) is 14.5. The molecular weight excluding hydrogens is 238 g/mol. The standard InChI is InChI=1S/C16H19NO2/c1-3-19-16(18)11-15(17-2)14-9-8-12-6-4-5-7-13(12)10-14/h4-10,15,17H,3,11H2,1-2H3. The first-order chi connectivity index (χ1) is 9.24. The van der Waals surface area contributed by atoms with Crippen molar-refractivity contribution >= 4 is 16.7 Å². The van der Waals surface area contributed by atoms with Gasteiger partial charge in [0.25, 0.3) is 0 Å². The highest BCUT2D eigenvalue weighted by Gasteiger charge is 2.15. The molecular formula is C16H19NO2. The lowest BCUT2D eigenvalue weighted by Gasteiger charge is -2.16. The molecule has 1 N–H and O–H groups in total. The summed E-state index contributed by atoms with van der Waals surface area (Å²) in [7, 11) is 1.86. The first-order valence-electron chi connectivity index (χ1n) is 6.56. The number of hydrogen-bond donors (Lipinski definition) is 1. The van der Waals surface area contributed by atoms with Crippen molar-refractivity contribution in [3.63, 3.8) is 0 Å². The molecule has 0 spiro atoms. The number of hydrogen-bond acceptors (Lipinski definition) is 3. The molecule has 0 aliphatic heterocycles. The fourth-order valence-electron chi connectivity index (χ4n) is 2.20. The Hall–Kier alpha value is -1.87. The third-order valence-electron chi connectivity index (χ3n) is 3.20. The number of ether oxygens (including phenoxy) is 1. The van der Waals surface area contributed by atoms with Crippen LogP contribution in [0.2, 0.25) is 0 Å². The summed E-state index contributed by atoms with van der Waals surface area (Å²) in [6.45, 7) is 2.25. The molecule has 1 atom stereocenters. The number of rotatable bonds is 5. The molecule has 0 radical (unpaired) electrons. The van der Waals surface area contributed by atoms with Crippen molar-refractivity contribution in [2.45, 2.75) is 19.4 Å². The van der Waals surface area contributed by atoms with Gasteiger partial charge in [0.2, 0.25) is 0 Å². The summed E-state index contributed by atoms with van der Waals surface area (Å²) in [5, 5.41) is 5.56. The van der Waals surface area contributed by atoms with Gasteiger partial charge in [-0.3, -0.25) is 4.79 Å². The third-order valence-corrected chi connectivity index (χ3v) is 3.20. The SMILES string of the molecule is CCOC(=O)CC(NC)c1ccc2ccccc2c1. The molecule has 0 amide bonds. The first kappa shape index (κ1) is 13.6. The van der Waals surface area contributed by atoms with Gasteiger partial charge >= 0.3 is 5.97 Å². The van der Waals surface area contributed by atoms with Crippen LogP contribution in [-0.2, 0) is 9.53 Å². The molecule has 0 fully saturated rings. The van der Waals surface area contributed by atoms with Gasteiger partial charge in [-0.25, -0.2) is 0 Å². The van der Waals surface area contributed by atoms with E-state index in [1.165, 1.54) is 10.8 Å². The molecule has 0 heterocycles. The van der Waals surface area contributed by atoms with E-state index in [1.54, 1.807) is 0 Å². The molecule has 0 bridgehead atoms. The predicted molar refractivity (Wildman–Crippen MR) is 77.0 cm³/mol. The molecule has 0 saturated carbocycles. The predicted octanol–water partition coefficient (Wildman–Crippen LogP) is 3.05. The van der Waals surface area contributed by atoms with Crippen molar-refractivity contribution in [1.82, 2.24) is 5.32 Å². The minimum Gasteiger partial charge on any atom is -0.466 e. The normalized spacial score (nSPS) is 12.3. The van der Waals surface area contributed by atoms with E-state index in [2.05, 4.69) is 35.6 Å². The van der Waals surface area contributed by atoms with E-state index in [4.69, 9.17) is 4.74 Å². The minimum absolute atomic E-state index is 0.0105. The van der Waals surface area contributed by atoms with Crippen molar-refractivity contribution in [1.29, 1.82) is 0 Å². The van der Waals surface area contributed by atoms with Crippen molar-refractivity contribution < 1.29 is 9.53 Å². The number of nitrogens with one attached hydrogen (secondary N) is 1. The average Bonchev–Trinajstić information content (AvgIpc) is 2.44. The number of benzene rings is 2. The van der Waals surface area contributed by atoms with Gasteiger partial charge in [0.05, 0.1) is 13.0 Å². The molecule has 0 saturated heterocycles. The van der Waals surface area contributed by atoms with Gasteiger partial charge in [0.1, 0.15) is 0 Å². The Labute approximate surface area is 113 Å². The van der Waals surface area contributed by atoms with E-state index in [1.807, 2.05) is 26.1 Å². The molecule has 0 aromatic heterocycles. The molecule has 1 unspecified atom stereocenters. The second kappa shape index (κ2) is 6.34. The zero-order valence-electron chi connectivity index (χ0n) is 11.3. The van der Waals surface area contributed by atoms with Crippen molar-refractivity contribution in [2.24, 2.45) is 0 Å².